The summed E-state index contributed by atoms with van der Waals surface area (Å²) in [6.07, 6.45) is 5.43. The molecule has 3 rings (SSSR count). The fraction of sp³-hybridized carbons (Fsp3) is 0.333. The summed E-state index contributed by atoms with van der Waals surface area (Å²) in [6, 6.07) is 8.99. The summed E-state index contributed by atoms with van der Waals surface area (Å²) in [7, 11) is 0. The topological polar surface area (TPSA) is 37.8 Å². The highest BCUT2D eigenvalue weighted by Gasteiger charge is 2.30. The summed E-state index contributed by atoms with van der Waals surface area (Å²) in [5, 5.41) is 3.59. The smallest absolute Gasteiger partial charge is 0.115 e. The maximum Gasteiger partial charge on any atom is 0.115 e. The normalized spacial score (nSPS) is 19.1. The van der Waals surface area contributed by atoms with Crippen molar-refractivity contribution in [2.24, 2.45) is 0 Å². The van der Waals surface area contributed by atoms with Crippen molar-refractivity contribution in [3.05, 3.63) is 54.1 Å². The van der Waals surface area contributed by atoms with Crippen LogP contribution in [-0.2, 0) is 0 Å². The lowest BCUT2D eigenvalue weighted by Gasteiger charge is -2.24. The average Bonchev–Trinajstić information content (AvgIpc) is 2.89. The number of aromatic nitrogens is 2. The molecule has 0 spiro atoms. The summed E-state index contributed by atoms with van der Waals surface area (Å²) in [5.74, 6) is 1.61. The molecule has 1 N–H and O–H groups in total. The van der Waals surface area contributed by atoms with Crippen LogP contribution in [0, 0.1) is 0 Å². The highest BCUT2D eigenvalue weighted by molar-refractivity contribution is 7.99. The second-order valence-electron chi connectivity index (χ2n) is 4.66. The predicted molar refractivity (Wildman–Crippen MR) is 78.4 cm³/mol. The molecule has 1 aliphatic rings. The molecule has 2 heterocycles. The van der Waals surface area contributed by atoms with E-state index in [-0.39, 0.29) is 0 Å². The molecule has 0 radical (unpaired) electrons. The summed E-state index contributed by atoms with van der Waals surface area (Å²) < 4.78 is 0. The number of hydrogen-bond donors (Lipinski definition) is 1. The molecule has 19 heavy (non-hydrogen) atoms. The summed E-state index contributed by atoms with van der Waals surface area (Å²) in [6.45, 7) is 3.09. The van der Waals surface area contributed by atoms with Crippen LogP contribution in [0.1, 0.15) is 30.0 Å². The van der Waals surface area contributed by atoms with E-state index in [2.05, 4.69) is 46.5 Å². The molecule has 0 bridgehead atoms. The van der Waals surface area contributed by atoms with Gasteiger partial charge in [0.25, 0.3) is 0 Å². The number of nitrogens with zero attached hydrogens (tertiary/aromatic N) is 2. The monoisotopic (exact) mass is 271 g/mol. The van der Waals surface area contributed by atoms with Crippen molar-refractivity contribution in [1.29, 1.82) is 0 Å². The lowest BCUT2D eigenvalue weighted by atomic mass is 9.90. The van der Waals surface area contributed by atoms with Gasteiger partial charge in [0.2, 0.25) is 0 Å². The first-order valence-corrected chi connectivity index (χ1v) is 7.58. The Bertz CT molecular complexity index is 544. The Morgan fingerprint density at radius 3 is 2.89 bits per heavy atom. The third kappa shape index (κ3) is 2.51. The molecule has 2 aromatic rings. The third-order valence-electron chi connectivity index (χ3n) is 3.50. The van der Waals surface area contributed by atoms with Crippen molar-refractivity contribution in [1.82, 2.24) is 15.3 Å². The number of nitrogens with one attached hydrogen (secondary N) is 1. The minimum atomic E-state index is 0.294. The number of hydrogen-bond acceptors (Lipinski definition) is 4. The lowest BCUT2D eigenvalue weighted by Crippen LogP contribution is -2.27. The number of fused-ring (bicyclic) bond motifs is 1. The highest BCUT2D eigenvalue weighted by atomic mass is 32.2. The van der Waals surface area contributed by atoms with E-state index >= 15 is 0 Å². The van der Waals surface area contributed by atoms with Gasteiger partial charge in [-0.1, -0.05) is 25.1 Å². The Kier molecular flexibility index (Phi) is 3.80. The maximum atomic E-state index is 4.16. The van der Waals surface area contributed by atoms with Crippen molar-refractivity contribution in [3.8, 4) is 0 Å². The van der Waals surface area contributed by atoms with E-state index in [1.54, 1.807) is 6.33 Å². The van der Waals surface area contributed by atoms with Crippen molar-refractivity contribution < 1.29 is 0 Å². The molecule has 98 valence electrons. The van der Waals surface area contributed by atoms with Crippen LogP contribution in [-0.4, -0.2) is 22.3 Å². The predicted octanol–water partition coefficient (Wildman–Crippen LogP) is 3.02. The molecule has 4 heteroatoms. The van der Waals surface area contributed by atoms with Crippen LogP contribution in [0.25, 0.3) is 0 Å². The van der Waals surface area contributed by atoms with Crippen LogP contribution < -0.4 is 5.32 Å². The minimum Gasteiger partial charge on any atom is -0.310 e. The van der Waals surface area contributed by atoms with Gasteiger partial charge >= 0.3 is 0 Å². The lowest BCUT2D eigenvalue weighted by molar-refractivity contribution is 0.482. The molecule has 0 amide bonds. The molecule has 3 nitrogen and oxygen atoms in total. The minimum absolute atomic E-state index is 0.294. The van der Waals surface area contributed by atoms with Gasteiger partial charge in [-0.25, -0.2) is 9.97 Å². The Labute approximate surface area is 117 Å². The molecule has 0 saturated carbocycles. The van der Waals surface area contributed by atoms with Gasteiger partial charge in [0, 0.05) is 40.6 Å². The Morgan fingerprint density at radius 1 is 1.32 bits per heavy atom. The van der Waals surface area contributed by atoms with Crippen molar-refractivity contribution in [2.45, 2.75) is 23.8 Å². The zero-order valence-corrected chi connectivity index (χ0v) is 11.7. The molecule has 0 fully saturated rings. The van der Waals surface area contributed by atoms with E-state index < -0.39 is 0 Å². The molecule has 1 aliphatic heterocycles. The number of thioether (sulfide) groups is 1. The molecular formula is C15H17N3S. The first-order valence-electron chi connectivity index (χ1n) is 6.60. The summed E-state index contributed by atoms with van der Waals surface area (Å²) in [4.78, 5) is 9.72. The summed E-state index contributed by atoms with van der Waals surface area (Å²) >= 11 is 1.94. The summed E-state index contributed by atoms with van der Waals surface area (Å²) in [5.41, 5.74) is 2.62. The molecular weight excluding hydrogens is 254 g/mol. The molecule has 0 saturated heterocycles. The zero-order valence-electron chi connectivity index (χ0n) is 10.9. The number of rotatable bonds is 4. The SMILES string of the molecule is CCNC(c1cncnc1)C1CSc2ccccc21. The van der Waals surface area contributed by atoms with Crippen LogP contribution in [0.2, 0.25) is 0 Å². The van der Waals surface area contributed by atoms with E-state index in [0.717, 1.165) is 12.3 Å². The zero-order chi connectivity index (χ0) is 13.1. The second kappa shape index (κ2) is 5.72. The van der Waals surface area contributed by atoms with Gasteiger partial charge in [-0.2, -0.15) is 0 Å². The van der Waals surface area contributed by atoms with Gasteiger partial charge in [-0.3, -0.25) is 0 Å². The molecule has 2 unspecified atom stereocenters. The number of benzene rings is 1. The van der Waals surface area contributed by atoms with Gasteiger partial charge in [0.15, 0.2) is 0 Å². The van der Waals surface area contributed by atoms with Crippen molar-refractivity contribution in [2.75, 3.05) is 12.3 Å². The Hall–Kier alpha value is -1.39. The number of likely N-dealkylation sites (N-methyl/N-ethyl adjacent to an activating group) is 1. The van der Waals surface area contributed by atoms with Crippen LogP contribution in [0.15, 0.2) is 47.9 Å². The van der Waals surface area contributed by atoms with E-state index in [1.807, 2.05) is 24.2 Å². The van der Waals surface area contributed by atoms with Gasteiger partial charge in [-0.15, -0.1) is 11.8 Å². The van der Waals surface area contributed by atoms with Crippen LogP contribution >= 0.6 is 11.8 Å². The van der Waals surface area contributed by atoms with Crippen molar-refractivity contribution in [3.63, 3.8) is 0 Å². The highest BCUT2D eigenvalue weighted by Crippen LogP contribution is 2.45. The van der Waals surface area contributed by atoms with E-state index in [1.165, 1.54) is 16.0 Å². The van der Waals surface area contributed by atoms with Gasteiger partial charge in [0.1, 0.15) is 6.33 Å². The van der Waals surface area contributed by atoms with Crippen LogP contribution in [0.3, 0.4) is 0 Å². The van der Waals surface area contributed by atoms with Gasteiger partial charge < -0.3 is 5.32 Å². The largest absolute Gasteiger partial charge is 0.310 e. The molecule has 2 atom stereocenters. The molecule has 0 aliphatic carbocycles. The fourth-order valence-electron chi connectivity index (χ4n) is 2.65. The van der Waals surface area contributed by atoms with E-state index in [0.29, 0.717) is 12.0 Å². The maximum absolute atomic E-state index is 4.16. The third-order valence-corrected chi connectivity index (χ3v) is 4.71. The molecule has 1 aromatic carbocycles. The Morgan fingerprint density at radius 2 is 2.11 bits per heavy atom. The fourth-order valence-corrected chi connectivity index (χ4v) is 3.94. The van der Waals surface area contributed by atoms with Gasteiger partial charge in [0.05, 0.1) is 0 Å². The standard InChI is InChI=1S/C15H17N3S/c1-2-18-15(11-7-16-10-17-8-11)13-9-19-14-6-4-3-5-12(13)14/h3-8,10,13,15,18H,2,9H2,1H3. The molecule has 1 aromatic heterocycles. The van der Waals surface area contributed by atoms with Crippen LogP contribution in [0.4, 0.5) is 0 Å². The first kappa shape index (κ1) is 12.6. The van der Waals surface area contributed by atoms with Gasteiger partial charge in [-0.05, 0) is 18.2 Å². The first-order chi connectivity index (χ1) is 9.40. The van der Waals surface area contributed by atoms with E-state index in [9.17, 15) is 0 Å². The average molecular weight is 271 g/mol. The second-order valence-corrected chi connectivity index (χ2v) is 5.72. The van der Waals surface area contributed by atoms with Crippen molar-refractivity contribution >= 4 is 11.8 Å². The van der Waals surface area contributed by atoms with E-state index in [4.69, 9.17) is 0 Å². The quantitative estimate of drug-likeness (QED) is 0.927. The van der Waals surface area contributed by atoms with Crippen LogP contribution in [0.5, 0.6) is 0 Å². The Balaban J connectivity index is 1.94.